The normalized spacial score (nSPS) is 29.5. The maximum Gasteiger partial charge on any atom is 0.00388 e. The second-order valence-corrected chi connectivity index (χ2v) is 9.04. The lowest BCUT2D eigenvalue weighted by Gasteiger charge is -2.48. The maximum absolute atomic E-state index is 2.75. The summed E-state index contributed by atoms with van der Waals surface area (Å²) in [5.41, 5.74) is 0. The second-order valence-electron chi connectivity index (χ2n) is 9.04. The Kier molecular flexibility index (Phi) is 5.47. The summed E-state index contributed by atoms with van der Waals surface area (Å²) < 4.78 is 0. The quantitative estimate of drug-likeness (QED) is 0.716. The van der Waals surface area contributed by atoms with Crippen LogP contribution in [0.4, 0.5) is 0 Å². The van der Waals surface area contributed by atoms with Crippen LogP contribution in [0.3, 0.4) is 0 Å². The Hall–Kier alpha value is -0.120. The molecular formula is C19H37N3. The molecule has 1 atom stereocenters. The molecule has 3 fully saturated rings. The molecule has 3 aliphatic heterocycles. The molecule has 0 aromatic heterocycles. The van der Waals surface area contributed by atoms with Crippen molar-refractivity contribution < 1.29 is 0 Å². The van der Waals surface area contributed by atoms with Gasteiger partial charge < -0.3 is 14.7 Å². The van der Waals surface area contributed by atoms with E-state index in [9.17, 15) is 0 Å². The third-order valence-electron chi connectivity index (χ3n) is 5.96. The van der Waals surface area contributed by atoms with Gasteiger partial charge in [0.1, 0.15) is 0 Å². The van der Waals surface area contributed by atoms with E-state index in [1.54, 1.807) is 0 Å². The average Bonchev–Trinajstić information content (AvgIpc) is 2.75. The Morgan fingerprint density at radius 3 is 2.00 bits per heavy atom. The van der Waals surface area contributed by atoms with Crippen LogP contribution in [0.25, 0.3) is 0 Å². The van der Waals surface area contributed by atoms with Crippen molar-refractivity contribution in [3.05, 3.63) is 0 Å². The Balaban J connectivity index is 1.26. The van der Waals surface area contributed by atoms with Crippen LogP contribution in [-0.2, 0) is 0 Å². The van der Waals surface area contributed by atoms with Gasteiger partial charge in [-0.25, -0.2) is 0 Å². The van der Waals surface area contributed by atoms with E-state index in [-0.39, 0.29) is 0 Å². The highest BCUT2D eigenvalue weighted by Gasteiger charge is 2.35. The standard InChI is InChI=1S/C19H37N3/c1-15(2)7-17-5-6-20(8-17)9-18-10-21(11-18)12-19-13-22(14-19)16(3)4/h15-19H,5-14H2,1-4H3/t17-/m0/s1. The fraction of sp³-hybridized carbons (Fsp3) is 1.00. The van der Waals surface area contributed by atoms with E-state index in [0.717, 1.165) is 29.7 Å². The van der Waals surface area contributed by atoms with Crippen LogP contribution < -0.4 is 0 Å². The lowest BCUT2D eigenvalue weighted by molar-refractivity contribution is 0.000904. The lowest BCUT2D eigenvalue weighted by Crippen LogP contribution is -2.58. The molecular weight excluding hydrogens is 270 g/mol. The second kappa shape index (κ2) is 7.19. The highest BCUT2D eigenvalue weighted by molar-refractivity contribution is 4.90. The first kappa shape index (κ1) is 16.7. The van der Waals surface area contributed by atoms with Gasteiger partial charge in [0, 0.05) is 51.9 Å². The van der Waals surface area contributed by atoms with Gasteiger partial charge in [0.25, 0.3) is 0 Å². The Labute approximate surface area is 138 Å². The molecule has 0 N–H and O–H groups in total. The van der Waals surface area contributed by atoms with Gasteiger partial charge in [-0.2, -0.15) is 0 Å². The SMILES string of the molecule is CC(C)C[C@@H]1CCN(CC2CN(CC3CN(C(C)C)C3)C2)C1. The molecule has 0 spiro atoms. The lowest BCUT2D eigenvalue weighted by atomic mass is 9.93. The van der Waals surface area contributed by atoms with E-state index in [2.05, 4.69) is 42.4 Å². The molecule has 3 heterocycles. The van der Waals surface area contributed by atoms with Gasteiger partial charge in [0.15, 0.2) is 0 Å². The molecule has 3 saturated heterocycles. The van der Waals surface area contributed by atoms with Gasteiger partial charge in [0.05, 0.1) is 0 Å². The van der Waals surface area contributed by atoms with Crippen molar-refractivity contribution >= 4 is 0 Å². The Morgan fingerprint density at radius 2 is 1.36 bits per heavy atom. The van der Waals surface area contributed by atoms with Gasteiger partial charge in [0.2, 0.25) is 0 Å². The summed E-state index contributed by atoms with van der Waals surface area (Å²) in [5, 5.41) is 0. The van der Waals surface area contributed by atoms with E-state index >= 15 is 0 Å². The fourth-order valence-electron chi connectivity index (χ4n) is 4.76. The minimum absolute atomic E-state index is 0.745. The molecule has 0 saturated carbocycles. The predicted octanol–water partition coefficient (Wildman–Crippen LogP) is 2.63. The van der Waals surface area contributed by atoms with Crippen LogP contribution in [-0.4, -0.2) is 73.1 Å². The summed E-state index contributed by atoms with van der Waals surface area (Å²) in [6.07, 6.45) is 2.88. The van der Waals surface area contributed by atoms with Crippen molar-refractivity contribution in [2.45, 2.75) is 46.6 Å². The Morgan fingerprint density at radius 1 is 0.773 bits per heavy atom. The summed E-state index contributed by atoms with van der Waals surface area (Å²) in [6.45, 7) is 20.2. The number of hydrogen-bond donors (Lipinski definition) is 0. The predicted molar refractivity (Wildman–Crippen MR) is 94.1 cm³/mol. The van der Waals surface area contributed by atoms with Crippen molar-refractivity contribution in [3.8, 4) is 0 Å². The summed E-state index contributed by atoms with van der Waals surface area (Å²) in [6, 6.07) is 0.745. The summed E-state index contributed by atoms with van der Waals surface area (Å²) in [5.74, 6) is 3.76. The molecule has 0 amide bonds. The van der Waals surface area contributed by atoms with Crippen molar-refractivity contribution in [1.82, 2.24) is 14.7 Å². The number of rotatable bonds is 7. The highest BCUT2D eigenvalue weighted by atomic mass is 15.3. The van der Waals surface area contributed by atoms with Gasteiger partial charge in [-0.15, -0.1) is 0 Å². The van der Waals surface area contributed by atoms with Gasteiger partial charge >= 0.3 is 0 Å². The first-order valence-corrected chi connectivity index (χ1v) is 9.68. The first-order chi connectivity index (χ1) is 10.5. The van der Waals surface area contributed by atoms with Gasteiger partial charge in [-0.3, -0.25) is 0 Å². The van der Waals surface area contributed by atoms with Crippen LogP contribution in [0.5, 0.6) is 0 Å². The number of nitrogens with zero attached hydrogens (tertiary/aromatic N) is 3. The molecule has 22 heavy (non-hydrogen) atoms. The van der Waals surface area contributed by atoms with E-state index < -0.39 is 0 Å². The smallest absolute Gasteiger partial charge is 0.00388 e. The minimum atomic E-state index is 0.745. The topological polar surface area (TPSA) is 9.72 Å². The molecule has 0 unspecified atom stereocenters. The van der Waals surface area contributed by atoms with Crippen molar-refractivity contribution in [1.29, 1.82) is 0 Å². The number of hydrogen-bond acceptors (Lipinski definition) is 3. The Bertz CT molecular complexity index is 343. The number of likely N-dealkylation sites (tertiary alicyclic amines) is 3. The molecule has 0 radical (unpaired) electrons. The summed E-state index contributed by atoms with van der Waals surface area (Å²) in [7, 11) is 0. The summed E-state index contributed by atoms with van der Waals surface area (Å²) in [4.78, 5) is 8.05. The van der Waals surface area contributed by atoms with Crippen molar-refractivity contribution in [2.75, 3.05) is 52.4 Å². The van der Waals surface area contributed by atoms with E-state index in [1.807, 2.05) is 0 Å². The summed E-state index contributed by atoms with van der Waals surface area (Å²) >= 11 is 0. The molecule has 3 heteroatoms. The molecule has 3 rings (SSSR count). The fourth-order valence-corrected chi connectivity index (χ4v) is 4.76. The largest absolute Gasteiger partial charge is 0.303 e. The van der Waals surface area contributed by atoms with Crippen LogP contribution >= 0.6 is 0 Å². The molecule has 3 nitrogen and oxygen atoms in total. The minimum Gasteiger partial charge on any atom is -0.303 e. The molecule has 0 aromatic rings. The van der Waals surface area contributed by atoms with Crippen LogP contribution in [0.1, 0.15) is 40.5 Å². The van der Waals surface area contributed by atoms with E-state index in [4.69, 9.17) is 0 Å². The van der Waals surface area contributed by atoms with E-state index in [1.165, 1.54) is 65.2 Å². The van der Waals surface area contributed by atoms with Crippen LogP contribution in [0.15, 0.2) is 0 Å². The van der Waals surface area contributed by atoms with E-state index in [0.29, 0.717) is 0 Å². The molecule has 0 aromatic carbocycles. The third-order valence-corrected chi connectivity index (χ3v) is 5.96. The van der Waals surface area contributed by atoms with Gasteiger partial charge in [-0.05, 0) is 56.9 Å². The van der Waals surface area contributed by atoms with Crippen LogP contribution in [0.2, 0.25) is 0 Å². The zero-order valence-electron chi connectivity index (χ0n) is 15.3. The molecule has 0 bridgehead atoms. The zero-order chi connectivity index (χ0) is 15.7. The molecule has 3 aliphatic rings. The molecule has 0 aliphatic carbocycles. The molecule has 128 valence electrons. The van der Waals surface area contributed by atoms with Crippen molar-refractivity contribution in [3.63, 3.8) is 0 Å². The third kappa shape index (κ3) is 4.24. The van der Waals surface area contributed by atoms with Crippen molar-refractivity contribution in [2.24, 2.45) is 23.7 Å². The first-order valence-electron chi connectivity index (χ1n) is 9.68. The van der Waals surface area contributed by atoms with Gasteiger partial charge in [-0.1, -0.05) is 13.8 Å². The average molecular weight is 308 g/mol. The highest BCUT2D eigenvalue weighted by Crippen LogP contribution is 2.27. The zero-order valence-corrected chi connectivity index (χ0v) is 15.3. The monoisotopic (exact) mass is 307 g/mol. The maximum atomic E-state index is 2.75. The van der Waals surface area contributed by atoms with Crippen LogP contribution in [0, 0.1) is 23.7 Å².